The first-order valence-corrected chi connectivity index (χ1v) is 9.26. The van der Waals surface area contributed by atoms with Gasteiger partial charge in [0.1, 0.15) is 0 Å². The maximum absolute atomic E-state index is 12.2. The Morgan fingerprint density at radius 2 is 1.64 bits per heavy atom. The van der Waals surface area contributed by atoms with Crippen molar-refractivity contribution in [1.82, 2.24) is 4.90 Å². The van der Waals surface area contributed by atoms with E-state index in [0.717, 1.165) is 11.1 Å². The van der Waals surface area contributed by atoms with Gasteiger partial charge in [0.15, 0.2) is 0 Å². The van der Waals surface area contributed by atoms with Crippen LogP contribution in [0, 0.1) is 5.92 Å². The Morgan fingerprint density at radius 3 is 2.21 bits per heavy atom. The molecule has 1 atom stereocenters. The lowest BCUT2D eigenvalue weighted by atomic mass is 10.0. The minimum atomic E-state index is -0.831. The lowest BCUT2D eigenvalue weighted by Gasteiger charge is -2.21. The molecule has 2 amide bonds. The molecular weight excluding hydrogens is 356 g/mol. The highest BCUT2D eigenvalue weighted by atomic mass is 16.4. The molecule has 0 aliphatic rings. The molecule has 0 radical (unpaired) electrons. The average molecular weight is 382 g/mol. The first kappa shape index (κ1) is 21.2. The Morgan fingerprint density at radius 1 is 1.00 bits per heavy atom. The third kappa shape index (κ3) is 6.87. The zero-order chi connectivity index (χ0) is 20.5. The van der Waals surface area contributed by atoms with Crippen LogP contribution >= 0.6 is 0 Å². The molecule has 0 aromatic heterocycles. The van der Waals surface area contributed by atoms with Crippen LogP contribution in [0.25, 0.3) is 0 Å². The van der Waals surface area contributed by atoms with Crippen LogP contribution in [-0.4, -0.2) is 34.3 Å². The summed E-state index contributed by atoms with van der Waals surface area (Å²) in [6.45, 7) is 3.97. The van der Waals surface area contributed by atoms with Crippen molar-refractivity contribution in [1.29, 1.82) is 0 Å². The van der Waals surface area contributed by atoms with Gasteiger partial charge >= 0.3 is 5.97 Å². The molecule has 0 bridgehead atoms. The maximum Gasteiger partial charge on any atom is 0.306 e. The largest absolute Gasteiger partial charge is 0.481 e. The highest BCUT2D eigenvalue weighted by Gasteiger charge is 2.13. The van der Waals surface area contributed by atoms with Crippen LogP contribution in [-0.2, 0) is 27.3 Å². The van der Waals surface area contributed by atoms with Crippen LogP contribution in [0.5, 0.6) is 0 Å². The molecule has 0 aliphatic heterocycles. The fraction of sp³-hybridized carbons (Fsp3) is 0.318. The summed E-state index contributed by atoms with van der Waals surface area (Å²) in [6, 6.07) is 16.8. The number of hydrogen-bond donors (Lipinski definition) is 2. The Labute approximate surface area is 165 Å². The number of amides is 2. The number of carboxylic acid groups (broad SMARTS) is 1. The van der Waals surface area contributed by atoms with Crippen LogP contribution in [0.1, 0.15) is 31.4 Å². The molecular formula is C22H26N2O4. The monoisotopic (exact) mass is 382 g/mol. The van der Waals surface area contributed by atoms with E-state index in [2.05, 4.69) is 5.32 Å². The molecule has 2 aromatic carbocycles. The molecule has 0 saturated carbocycles. The van der Waals surface area contributed by atoms with Crippen molar-refractivity contribution >= 4 is 23.5 Å². The van der Waals surface area contributed by atoms with E-state index in [1.807, 2.05) is 42.5 Å². The molecule has 0 saturated heterocycles. The fourth-order valence-corrected chi connectivity index (χ4v) is 2.78. The lowest BCUT2D eigenvalue weighted by molar-refractivity contribution is -0.141. The maximum atomic E-state index is 12.2. The predicted molar refractivity (Wildman–Crippen MR) is 108 cm³/mol. The summed E-state index contributed by atoms with van der Waals surface area (Å²) < 4.78 is 0. The van der Waals surface area contributed by atoms with Crippen molar-refractivity contribution < 1.29 is 19.5 Å². The van der Waals surface area contributed by atoms with E-state index in [-0.39, 0.29) is 18.2 Å². The van der Waals surface area contributed by atoms with Gasteiger partial charge in [-0.1, -0.05) is 49.4 Å². The van der Waals surface area contributed by atoms with E-state index < -0.39 is 11.9 Å². The fourth-order valence-electron chi connectivity index (χ4n) is 2.78. The van der Waals surface area contributed by atoms with E-state index in [0.29, 0.717) is 25.2 Å². The first-order valence-electron chi connectivity index (χ1n) is 9.26. The summed E-state index contributed by atoms with van der Waals surface area (Å²) in [5, 5.41) is 11.8. The molecule has 148 valence electrons. The molecule has 6 nitrogen and oxygen atoms in total. The van der Waals surface area contributed by atoms with Gasteiger partial charge in [-0.25, -0.2) is 0 Å². The first-order chi connectivity index (χ1) is 13.3. The third-order valence-electron chi connectivity index (χ3n) is 4.47. The van der Waals surface area contributed by atoms with Crippen LogP contribution in [0.15, 0.2) is 54.6 Å². The van der Waals surface area contributed by atoms with Crippen LogP contribution in [0.4, 0.5) is 5.69 Å². The zero-order valence-electron chi connectivity index (χ0n) is 16.2. The van der Waals surface area contributed by atoms with Crippen LogP contribution < -0.4 is 5.32 Å². The molecule has 2 rings (SSSR count). The number of rotatable bonds is 9. The summed E-state index contributed by atoms with van der Waals surface area (Å²) in [5.74, 6) is -1.54. The Kier molecular flexibility index (Phi) is 7.75. The minimum Gasteiger partial charge on any atom is -0.481 e. The molecule has 2 aromatic rings. The van der Waals surface area contributed by atoms with Crippen LogP contribution in [0.2, 0.25) is 0 Å². The summed E-state index contributed by atoms with van der Waals surface area (Å²) in [5.41, 5.74) is 2.57. The smallest absolute Gasteiger partial charge is 0.306 e. The van der Waals surface area contributed by atoms with Gasteiger partial charge in [-0.2, -0.15) is 0 Å². The molecule has 1 unspecified atom stereocenters. The number of benzene rings is 2. The number of nitrogens with zero attached hydrogens (tertiary/aromatic N) is 1. The summed E-state index contributed by atoms with van der Waals surface area (Å²) >= 11 is 0. The highest BCUT2D eigenvalue weighted by molar-refractivity contribution is 5.91. The average Bonchev–Trinajstić information content (AvgIpc) is 2.67. The second-order valence-electron chi connectivity index (χ2n) is 6.86. The van der Waals surface area contributed by atoms with E-state index in [9.17, 15) is 14.4 Å². The van der Waals surface area contributed by atoms with E-state index >= 15 is 0 Å². The van der Waals surface area contributed by atoms with Crippen molar-refractivity contribution in [2.45, 2.75) is 33.2 Å². The quantitative estimate of drug-likeness (QED) is 0.696. The van der Waals surface area contributed by atoms with Crippen molar-refractivity contribution in [2.75, 3.05) is 11.9 Å². The van der Waals surface area contributed by atoms with Crippen LogP contribution in [0.3, 0.4) is 0 Å². The molecule has 0 fully saturated rings. The van der Waals surface area contributed by atoms with E-state index in [1.165, 1.54) is 6.92 Å². The lowest BCUT2D eigenvalue weighted by Crippen LogP contribution is -2.31. The molecule has 0 spiro atoms. The van der Waals surface area contributed by atoms with Gasteiger partial charge in [0.25, 0.3) is 0 Å². The number of carbonyl (C=O) groups excluding carboxylic acids is 2. The summed E-state index contributed by atoms with van der Waals surface area (Å²) in [4.78, 5) is 36.6. The Hall–Kier alpha value is -3.15. The van der Waals surface area contributed by atoms with E-state index in [1.54, 1.807) is 24.0 Å². The van der Waals surface area contributed by atoms with Crippen molar-refractivity contribution in [3.05, 3.63) is 65.7 Å². The third-order valence-corrected chi connectivity index (χ3v) is 4.47. The van der Waals surface area contributed by atoms with Gasteiger partial charge in [-0.15, -0.1) is 0 Å². The minimum absolute atomic E-state index is 0.0754. The second kappa shape index (κ2) is 10.3. The SMILES string of the molecule is CC(=O)N(CCC(=O)Nc1ccc(CC(C)C(=O)O)cc1)Cc1ccccc1. The Balaban J connectivity index is 1.85. The summed E-state index contributed by atoms with van der Waals surface area (Å²) in [7, 11) is 0. The van der Waals surface area contributed by atoms with Gasteiger partial charge in [-0.05, 0) is 29.7 Å². The van der Waals surface area contributed by atoms with Gasteiger partial charge in [0.2, 0.25) is 11.8 Å². The van der Waals surface area contributed by atoms with Gasteiger partial charge in [0.05, 0.1) is 5.92 Å². The van der Waals surface area contributed by atoms with Crippen molar-refractivity contribution in [3.63, 3.8) is 0 Å². The number of anilines is 1. The number of hydrogen-bond acceptors (Lipinski definition) is 3. The van der Waals surface area contributed by atoms with Crippen molar-refractivity contribution in [3.8, 4) is 0 Å². The summed E-state index contributed by atoms with van der Waals surface area (Å²) in [6.07, 6.45) is 0.640. The van der Waals surface area contributed by atoms with Gasteiger partial charge in [0, 0.05) is 32.1 Å². The zero-order valence-corrected chi connectivity index (χ0v) is 16.2. The molecule has 28 heavy (non-hydrogen) atoms. The number of carbonyl (C=O) groups is 3. The van der Waals surface area contributed by atoms with Gasteiger partial charge in [-0.3, -0.25) is 14.4 Å². The normalized spacial score (nSPS) is 11.5. The number of carboxylic acids is 1. The number of nitrogens with one attached hydrogen (secondary N) is 1. The van der Waals surface area contributed by atoms with E-state index in [4.69, 9.17) is 5.11 Å². The van der Waals surface area contributed by atoms with Crippen molar-refractivity contribution in [2.24, 2.45) is 5.92 Å². The molecule has 0 heterocycles. The predicted octanol–water partition coefficient (Wildman–Crippen LogP) is 3.33. The van der Waals surface area contributed by atoms with Gasteiger partial charge < -0.3 is 15.3 Å². The standard InChI is InChI=1S/C22H26N2O4/c1-16(22(27)28)14-18-8-10-20(11-9-18)23-21(26)12-13-24(17(2)25)15-19-6-4-3-5-7-19/h3-11,16H,12-15H2,1-2H3,(H,23,26)(H,27,28). The highest BCUT2D eigenvalue weighted by Crippen LogP contribution is 2.14. The molecule has 2 N–H and O–H groups in total. The molecule has 0 aliphatic carbocycles. The topological polar surface area (TPSA) is 86.7 Å². The number of aliphatic carboxylic acids is 1. The molecule has 6 heteroatoms. The second-order valence-corrected chi connectivity index (χ2v) is 6.86. The Bertz CT molecular complexity index is 803.